The van der Waals surface area contributed by atoms with Crippen LogP contribution in [-0.4, -0.2) is 41.3 Å². The second-order valence-electron chi connectivity index (χ2n) is 5.42. The van der Waals surface area contributed by atoms with Gasteiger partial charge in [-0.2, -0.15) is 0 Å². The summed E-state index contributed by atoms with van der Waals surface area (Å²) >= 11 is 0. The third-order valence-corrected chi connectivity index (χ3v) is 4.22. The zero-order chi connectivity index (χ0) is 12.6. The molecule has 2 rings (SSSR count). The van der Waals surface area contributed by atoms with Gasteiger partial charge in [-0.3, -0.25) is 10.1 Å². The zero-order valence-corrected chi connectivity index (χ0v) is 11.3. The van der Waals surface area contributed by atoms with Crippen molar-refractivity contribution in [3.63, 3.8) is 0 Å². The number of ether oxygens (including phenoxy) is 1. The average Bonchev–Trinajstić information content (AvgIpc) is 2.46. The van der Waals surface area contributed by atoms with Gasteiger partial charge in [-0.1, -0.05) is 6.92 Å². The molecule has 0 aromatic heterocycles. The van der Waals surface area contributed by atoms with Crippen LogP contribution in [0.1, 0.15) is 47.0 Å². The Hall–Kier alpha value is -0.610. The number of carbonyl (C=O) groups is 1. The van der Waals surface area contributed by atoms with E-state index in [1.54, 1.807) is 0 Å². The summed E-state index contributed by atoms with van der Waals surface area (Å²) in [4.78, 5) is 14.4. The topological polar surface area (TPSA) is 41.6 Å². The van der Waals surface area contributed by atoms with Crippen molar-refractivity contribution in [3.05, 3.63) is 0 Å². The van der Waals surface area contributed by atoms with E-state index in [1.165, 1.54) is 0 Å². The van der Waals surface area contributed by atoms with E-state index >= 15 is 0 Å². The first-order chi connectivity index (χ1) is 8.01. The largest absolute Gasteiger partial charge is 0.378 e. The van der Waals surface area contributed by atoms with Gasteiger partial charge < -0.3 is 9.64 Å². The van der Waals surface area contributed by atoms with Gasteiger partial charge >= 0.3 is 0 Å². The van der Waals surface area contributed by atoms with Crippen molar-refractivity contribution in [2.75, 3.05) is 6.61 Å². The summed E-state index contributed by atoms with van der Waals surface area (Å²) in [5.74, 6) is 0.257. The Labute approximate surface area is 104 Å². The molecule has 0 bridgehead atoms. The molecule has 1 N–H and O–H groups in total. The molecule has 4 nitrogen and oxygen atoms in total. The van der Waals surface area contributed by atoms with Gasteiger partial charge in [-0.05, 0) is 40.0 Å². The monoisotopic (exact) mass is 240 g/mol. The summed E-state index contributed by atoms with van der Waals surface area (Å²) in [5.41, 5.74) is -0.365. The highest BCUT2D eigenvalue weighted by Crippen LogP contribution is 2.34. The summed E-state index contributed by atoms with van der Waals surface area (Å²) in [6.45, 7) is 8.93. The fourth-order valence-corrected chi connectivity index (χ4v) is 2.93. The third-order valence-electron chi connectivity index (χ3n) is 4.22. The summed E-state index contributed by atoms with van der Waals surface area (Å²) < 4.78 is 5.56. The minimum absolute atomic E-state index is 0.153. The molecule has 1 aliphatic carbocycles. The number of hydrogen-bond acceptors (Lipinski definition) is 3. The number of rotatable bonds is 4. The number of hydrogen-bond donors (Lipinski definition) is 1. The van der Waals surface area contributed by atoms with Crippen molar-refractivity contribution in [1.29, 1.82) is 0 Å². The van der Waals surface area contributed by atoms with Crippen LogP contribution in [0.4, 0.5) is 0 Å². The van der Waals surface area contributed by atoms with Gasteiger partial charge in [0.2, 0.25) is 5.91 Å². The minimum atomic E-state index is -0.365. The summed E-state index contributed by atoms with van der Waals surface area (Å²) in [6, 6.07) is 0.370. The average molecular weight is 240 g/mol. The molecule has 0 spiro atoms. The Morgan fingerprint density at radius 2 is 2.12 bits per heavy atom. The van der Waals surface area contributed by atoms with Crippen molar-refractivity contribution < 1.29 is 9.53 Å². The van der Waals surface area contributed by atoms with Crippen molar-refractivity contribution in [1.82, 2.24) is 10.2 Å². The Morgan fingerprint density at radius 1 is 1.47 bits per heavy atom. The third kappa shape index (κ3) is 2.08. The van der Waals surface area contributed by atoms with Gasteiger partial charge in [0.15, 0.2) is 0 Å². The number of amides is 1. The maximum atomic E-state index is 12.4. The maximum Gasteiger partial charge on any atom is 0.244 e. The lowest BCUT2D eigenvalue weighted by Crippen LogP contribution is -2.52. The highest BCUT2D eigenvalue weighted by molar-refractivity contribution is 5.88. The van der Waals surface area contributed by atoms with Crippen LogP contribution in [0.5, 0.6) is 0 Å². The van der Waals surface area contributed by atoms with Gasteiger partial charge in [0.25, 0.3) is 0 Å². The molecule has 0 aromatic rings. The predicted molar refractivity (Wildman–Crippen MR) is 66.6 cm³/mol. The summed E-state index contributed by atoms with van der Waals surface area (Å²) in [5, 5.41) is 3.41. The number of carbonyl (C=O) groups excluding carboxylic acids is 1. The van der Waals surface area contributed by atoms with E-state index in [2.05, 4.69) is 19.2 Å². The van der Waals surface area contributed by atoms with Crippen LogP contribution in [0.25, 0.3) is 0 Å². The van der Waals surface area contributed by atoms with Crippen molar-refractivity contribution in [3.8, 4) is 0 Å². The Balaban J connectivity index is 1.97. The van der Waals surface area contributed by atoms with Crippen molar-refractivity contribution in [2.24, 2.45) is 0 Å². The highest BCUT2D eigenvalue weighted by atomic mass is 16.5. The van der Waals surface area contributed by atoms with E-state index in [0.717, 1.165) is 25.9 Å². The standard InChI is InChI=1S/C13H24N2O2/c1-5-13(4)12(16)15(9(3)14-13)10-7-11(8-10)17-6-2/h9-11,14H,5-8H2,1-4H3. The molecule has 2 fully saturated rings. The Morgan fingerprint density at radius 3 is 2.59 bits per heavy atom. The number of nitrogens with one attached hydrogen (secondary N) is 1. The lowest BCUT2D eigenvalue weighted by atomic mass is 9.87. The molecular formula is C13H24N2O2. The molecule has 1 amide bonds. The predicted octanol–water partition coefficient (Wildman–Crippen LogP) is 1.50. The van der Waals surface area contributed by atoms with Gasteiger partial charge in [0.1, 0.15) is 0 Å². The van der Waals surface area contributed by atoms with E-state index in [1.807, 2.05) is 18.7 Å². The fraction of sp³-hybridized carbons (Fsp3) is 0.923. The van der Waals surface area contributed by atoms with Crippen LogP contribution in [0.15, 0.2) is 0 Å². The molecule has 0 aromatic carbocycles. The first-order valence-electron chi connectivity index (χ1n) is 6.74. The van der Waals surface area contributed by atoms with E-state index < -0.39 is 0 Å². The molecule has 2 atom stereocenters. The summed E-state index contributed by atoms with van der Waals surface area (Å²) in [6.07, 6.45) is 3.34. The molecule has 4 heteroatoms. The number of nitrogens with zero attached hydrogens (tertiary/aromatic N) is 1. The van der Waals surface area contributed by atoms with Crippen molar-refractivity contribution >= 4 is 5.91 Å². The van der Waals surface area contributed by atoms with E-state index in [0.29, 0.717) is 12.1 Å². The quantitative estimate of drug-likeness (QED) is 0.809. The second kappa shape index (κ2) is 4.58. The van der Waals surface area contributed by atoms with Crippen LogP contribution in [0.3, 0.4) is 0 Å². The smallest absolute Gasteiger partial charge is 0.244 e. The minimum Gasteiger partial charge on any atom is -0.378 e. The first kappa shape index (κ1) is 12.8. The SMILES string of the molecule is CCOC1CC(N2C(=O)C(C)(CC)NC2C)C1. The highest BCUT2D eigenvalue weighted by Gasteiger charge is 2.50. The molecule has 1 saturated heterocycles. The molecule has 98 valence electrons. The lowest BCUT2D eigenvalue weighted by molar-refractivity contribution is -0.140. The van der Waals surface area contributed by atoms with Crippen LogP contribution < -0.4 is 5.32 Å². The molecular weight excluding hydrogens is 216 g/mol. The Kier molecular flexibility index (Phi) is 3.46. The molecule has 1 saturated carbocycles. The summed E-state index contributed by atoms with van der Waals surface area (Å²) in [7, 11) is 0. The zero-order valence-electron chi connectivity index (χ0n) is 11.3. The van der Waals surface area contributed by atoms with Crippen molar-refractivity contribution in [2.45, 2.75) is 70.8 Å². The second-order valence-corrected chi connectivity index (χ2v) is 5.42. The Bertz CT molecular complexity index is 302. The molecule has 2 unspecified atom stereocenters. The lowest BCUT2D eigenvalue weighted by Gasteiger charge is -2.42. The maximum absolute atomic E-state index is 12.4. The van der Waals surface area contributed by atoms with E-state index in [-0.39, 0.29) is 17.6 Å². The van der Waals surface area contributed by atoms with E-state index in [9.17, 15) is 4.79 Å². The molecule has 1 aliphatic heterocycles. The molecule has 1 heterocycles. The van der Waals surface area contributed by atoms with Gasteiger partial charge in [0, 0.05) is 12.6 Å². The van der Waals surface area contributed by atoms with Gasteiger partial charge in [-0.15, -0.1) is 0 Å². The molecule has 0 radical (unpaired) electrons. The molecule has 2 aliphatic rings. The van der Waals surface area contributed by atoms with Crippen LogP contribution in [0, 0.1) is 0 Å². The fourth-order valence-electron chi connectivity index (χ4n) is 2.93. The van der Waals surface area contributed by atoms with Gasteiger partial charge in [-0.25, -0.2) is 0 Å². The van der Waals surface area contributed by atoms with E-state index in [4.69, 9.17) is 4.74 Å². The van der Waals surface area contributed by atoms with Gasteiger partial charge in [0.05, 0.1) is 17.8 Å². The van der Waals surface area contributed by atoms with Crippen LogP contribution in [0.2, 0.25) is 0 Å². The first-order valence-corrected chi connectivity index (χ1v) is 6.74. The van der Waals surface area contributed by atoms with Crippen LogP contribution >= 0.6 is 0 Å². The van der Waals surface area contributed by atoms with Crippen LogP contribution in [-0.2, 0) is 9.53 Å². The normalized spacial score (nSPS) is 41.8. The molecule has 17 heavy (non-hydrogen) atoms.